The van der Waals surface area contributed by atoms with Crippen LogP contribution in [0.5, 0.6) is 0 Å². The monoisotopic (exact) mass is 354 g/mol. The third-order valence-electron chi connectivity index (χ3n) is 4.44. The second-order valence-corrected chi connectivity index (χ2v) is 6.63. The summed E-state index contributed by atoms with van der Waals surface area (Å²) in [5, 5.41) is 0.621. The standard InChI is InChI=1S/C20H19ClN2O2/c1-13-11-17(20(22)25)16-7-2-3-8-18(16)23(13)19(24)10-9-14-5-4-6-15(21)12-14/h2-10,12-13,17H,11H2,1H3,(H2,22,25)/b10-9+. The molecule has 128 valence electrons. The number of nitrogens with zero attached hydrogens (tertiary/aromatic N) is 1. The minimum absolute atomic E-state index is 0.121. The maximum atomic E-state index is 12.8. The summed E-state index contributed by atoms with van der Waals surface area (Å²) in [4.78, 5) is 26.3. The van der Waals surface area contributed by atoms with Crippen LogP contribution in [-0.2, 0) is 9.59 Å². The fraction of sp³-hybridized carbons (Fsp3) is 0.200. The van der Waals surface area contributed by atoms with Crippen molar-refractivity contribution in [1.82, 2.24) is 0 Å². The van der Waals surface area contributed by atoms with Crippen molar-refractivity contribution in [2.45, 2.75) is 25.3 Å². The number of para-hydroxylation sites is 1. The molecule has 25 heavy (non-hydrogen) atoms. The number of nitrogens with two attached hydrogens (primary N) is 1. The SMILES string of the molecule is CC1CC(C(N)=O)c2ccccc2N1C(=O)/C=C/c1cccc(Cl)c1. The van der Waals surface area contributed by atoms with Gasteiger partial charge in [-0.25, -0.2) is 0 Å². The Kier molecular flexibility index (Phi) is 4.91. The number of hydrogen-bond donors (Lipinski definition) is 1. The molecule has 0 bridgehead atoms. The Morgan fingerprint density at radius 3 is 2.68 bits per heavy atom. The molecular formula is C20H19ClN2O2. The van der Waals surface area contributed by atoms with E-state index in [0.29, 0.717) is 11.4 Å². The van der Waals surface area contributed by atoms with E-state index in [4.69, 9.17) is 17.3 Å². The Morgan fingerprint density at radius 1 is 1.20 bits per heavy atom. The van der Waals surface area contributed by atoms with Crippen LogP contribution >= 0.6 is 11.6 Å². The Balaban J connectivity index is 1.91. The lowest BCUT2D eigenvalue weighted by molar-refractivity contribution is -0.120. The third kappa shape index (κ3) is 3.59. The first-order valence-electron chi connectivity index (χ1n) is 8.12. The molecule has 0 saturated carbocycles. The number of amides is 2. The summed E-state index contributed by atoms with van der Waals surface area (Å²) in [6.07, 6.45) is 3.79. The van der Waals surface area contributed by atoms with Crippen LogP contribution in [0.4, 0.5) is 5.69 Å². The molecule has 2 amide bonds. The number of fused-ring (bicyclic) bond motifs is 1. The van der Waals surface area contributed by atoms with Crippen molar-refractivity contribution >= 4 is 35.2 Å². The van der Waals surface area contributed by atoms with Crippen molar-refractivity contribution in [3.05, 3.63) is 70.8 Å². The Labute approximate surface area is 151 Å². The number of halogens is 1. The Hall–Kier alpha value is -2.59. The van der Waals surface area contributed by atoms with E-state index in [1.807, 2.05) is 43.3 Å². The highest BCUT2D eigenvalue weighted by Crippen LogP contribution is 2.38. The van der Waals surface area contributed by atoms with Crippen LogP contribution < -0.4 is 10.6 Å². The van der Waals surface area contributed by atoms with E-state index in [1.165, 1.54) is 6.08 Å². The molecule has 2 aromatic carbocycles. The molecule has 3 rings (SSSR count). The van der Waals surface area contributed by atoms with E-state index in [1.54, 1.807) is 23.1 Å². The molecule has 0 radical (unpaired) electrons. The van der Waals surface area contributed by atoms with E-state index in [-0.39, 0.29) is 23.8 Å². The lowest BCUT2D eigenvalue weighted by Crippen LogP contribution is -2.44. The van der Waals surface area contributed by atoms with E-state index >= 15 is 0 Å². The molecule has 0 aliphatic carbocycles. The number of benzene rings is 2. The van der Waals surface area contributed by atoms with Gasteiger partial charge in [0, 0.05) is 22.8 Å². The van der Waals surface area contributed by atoms with Gasteiger partial charge >= 0.3 is 0 Å². The largest absolute Gasteiger partial charge is 0.369 e. The van der Waals surface area contributed by atoms with Crippen molar-refractivity contribution in [1.29, 1.82) is 0 Å². The molecule has 2 unspecified atom stereocenters. The number of anilines is 1. The lowest BCUT2D eigenvalue weighted by Gasteiger charge is -2.37. The number of hydrogen-bond acceptors (Lipinski definition) is 2. The van der Waals surface area contributed by atoms with E-state index in [0.717, 1.165) is 16.8 Å². The van der Waals surface area contributed by atoms with Gasteiger partial charge in [-0.15, -0.1) is 0 Å². The van der Waals surface area contributed by atoms with Crippen molar-refractivity contribution < 1.29 is 9.59 Å². The maximum absolute atomic E-state index is 12.8. The van der Waals surface area contributed by atoms with Gasteiger partial charge < -0.3 is 10.6 Å². The van der Waals surface area contributed by atoms with Crippen molar-refractivity contribution in [3.63, 3.8) is 0 Å². The molecule has 4 nitrogen and oxygen atoms in total. The van der Waals surface area contributed by atoms with Gasteiger partial charge in [0.15, 0.2) is 0 Å². The molecule has 1 aliphatic heterocycles. The molecule has 2 atom stereocenters. The molecular weight excluding hydrogens is 336 g/mol. The van der Waals surface area contributed by atoms with Gasteiger partial charge in [0.25, 0.3) is 5.91 Å². The van der Waals surface area contributed by atoms with Crippen molar-refractivity contribution in [3.8, 4) is 0 Å². The smallest absolute Gasteiger partial charge is 0.251 e. The average molecular weight is 355 g/mol. The first-order valence-corrected chi connectivity index (χ1v) is 8.50. The highest BCUT2D eigenvalue weighted by molar-refractivity contribution is 6.30. The fourth-order valence-electron chi connectivity index (χ4n) is 3.28. The van der Waals surface area contributed by atoms with E-state index in [2.05, 4.69) is 0 Å². The normalized spacial score (nSPS) is 19.7. The van der Waals surface area contributed by atoms with Gasteiger partial charge in [-0.05, 0) is 48.7 Å². The van der Waals surface area contributed by atoms with Crippen molar-refractivity contribution in [2.24, 2.45) is 5.73 Å². The molecule has 5 heteroatoms. The van der Waals surface area contributed by atoms with E-state index in [9.17, 15) is 9.59 Å². The van der Waals surface area contributed by atoms with Gasteiger partial charge in [-0.1, -0.05) is 41.9 Å². The fourth-order valence-corrected chi connectivity index (χ4v) is 3.47. The summed E-state index contributed by atoms with van der Waals surface area (Å²) < 4.78 is 0. The van der Waals surface area contributed by atoms with Crippen molar-refractivity contribution in [2.75, 3.05) is 4.90 Å². The van der Waals surface area contributed by atoms with Crippen LogP contribution in [0.15, 0.2) is 54.6 Å². The molecule has 1 aliphatic rings. The van der Waals surface area contributed by atoms with Gasteiger partial charge in [-0.2, -0.15) is 0 Å². The predicted octanol–water partition coefficient (Wildman–Crippen LogP) is 3.75. The van der Waals surface area contributed by atoms with Gasteiger partial charge in [-0.3, -0.25) is 9.59 Å². The Bertz CT molecular complexity index is 847. The second-order valence-electron chi connectivity index (χ2n) is 6.20. The molecule has 2 N–H and O–H groups in total. The first kappa shape index (κ1) is 17.2. The molecule has 0 saturated heterocycles. The minimum Gasteiger partial charge on any atom is -0.369 e. The topological polar surface area (TPSA) is 63.4 Å². The third-order valence-corrected chi connectivity index (χ3v) is 4.67. The molecule has 2 aromatic rings. The van der Waals surface area contributed by atoms with Crippen LogP contribution in [0.3, 0.4) is 0 Å². The van der Waals surface area contributed by atoms with E-state index < -0.39 is 0 Å². The quantitative estimate of drug-likeness (QED) is 0.853. The number of primary amides is 1. The first-order chi connectivity index (χ1) is 12.0. The van der Waals surface area contributed by atoms with Gasteiger partial charge in [0.05, 0.1) is 5.92 Å². The van der Waals surface area contributed by atoms with Crippen LogP contribution in [-0.4, -0.2) is 17.9 Å². The zero-order valence-corrected chi connectivity index (χ0v) is 14.6. The van der Waals surface area contributed by atoms with Gasteiger partial charge in [0.2, 0.25) is 5.91 Å². The zero-order valence-electron chi connectivity index (χ0n) is 13.9. The zero-order chi connectivity index (χ0) is 18.0. The van der Waals surface area contributed by atoms with Crippen LogP contribution in [0.25, 0.3) is 6.08 Å². The predicted molar refractivity (Wildman–Crippen MR) is 100 cm³/mol. The van der Waals surface area contributed by atoms with Gasteiger partial charge in [0.1, 0.15) is 0 Å². The highest BCUT2D eigenvalue weighted by atomic mass is 35.5. The molecule has 0 spiro atoms. The molecule has 0 fully saturated rings. The number of carbonyl (C=O) groups is 2. The lowest BCUT2D eigenvalue weighted by atomic mass is 9.85. The maximum Gasteiger partial charge on any atom is 0.251 e. The average Bonchev–Trinajstić information content (AvgIpc) is 2.59. The van der Waals surface area contributed by atoms with Crippen LogP contribution in [0, 0.1) is 0 Å². The summed E-state index contributed by atoms with van der Waals surface area (Å²) >= 11 is 5.97. The number of rotatable bonds is 3. The van der Waals surface area contributed by atoms with Crippen LogP contribution in [0.1, 0.15) is 30.4 Å². The number of carbonyl (C=O) groups excluding carboxylic acids is 2. The second kappa shape index (κ2) is 7.11. The Morgan fingerprint density at radius 2 is 1.96 bits per heavy atom. The molecule has 1 heterocycles. The summed E-state index contributed by atoms with van der Waals surface area (Å²) in [6, 6.07) is 14.6. The van der Waals surface area contributed by atoms with Crippen LogP contribution in [0.2, 0.25) is 5.02 Å². The summed E-state index contributed by atoms with van der Waals surface area (Å²) in [5.74, 6) is -0.865. The minimum atomic E-state index is -0.368. The summed E-state index contributed by atoms with van der Waals surface area (Å²) in [5.41, 5.74) is 7.95. The summed E-state index contributed by atoms with van der Waals surface area (Å²) in [7, 11) is 0. The summed E-state index contributed by atoms with van der Waals surface area (Å²) in [6.45, 7) is 1.93. The molecule has 0 aromatic heterocycles. The highest BCUT2D eigenvalue weighted by Gasteiger charge is 2.35.